The topological polar surface area (TPSA) is 93.4 Å². The van der Waals surface area contributed by atoms with E-state index in [0.717, 1.165) is 11.1 Å². The Bertz CT molecular complexity index is 785. The lowest BCUT2D eigenvalue weighted by molar-refractivity contribution is -0.111. The molecule has 0 fully saturated rings. The molecule has 3 amide bonds. The molecule has 24 heavy (non-hydrogen) atoms. The standard InChI is InChI=1S/C18H19N3O3/c1-12-6-8-16(24-2)13(10-12)7-9-17(22)20-14-4-3-5-15(11-14)21-18(19)23/h3-11H,1-2H3,(H,20,22)(H3,19,21,23)/b9-7+. The highest BCUT2D eigenvalue weighted by Gasteiger charge is 2.03. The van der Waals surface area contributed by atoms with E-state index in [4.69, 9.17) is 10.5 Å². The minimum atomic E-state index is -0.662. The van der Waals surface area contributed by atoms with Gasteiger partial charge in [-0.2, -0.15) is 0 Å². The average Bonchev–Trinajstić information content (AvgIpc) is 2.53. The Labute approximate surface area is 140 Å². The average molecular weight is 325 g/mol. The van der Waals surface area contributed by atoms with Gasteiger partial charge in [-0.15, -0.1) is 0 Å². The summed E-state index contributed by atoms with van der Waals surface area (Å²) in [5.41, 5.74) is 8.01. The highest BCUT2D eigenvalue weighted by atomic mass is 16.5. The molecule has 0 saturated heterocycles. The molecule has 0 aromatic heterocycles. The van der Waals surface area contributed by atoms with Gasteiger partial charge in [-0.25, -0.2) is 4.79 Å². The lowest BCUT2D eigenvalue weighted by Gasteiger charge is -2.07. The molecule has 0 unspecified atom stereocenters. The minimum absolute atomic E-state index is 0.296. The van der Waals surface area contributed by atoms with Crippen LogP contribution < -0.4 is 21.1 Å². The Morgan fingerprint density at radius 2 is 1.79 bits per heavy atom. The number of nitrogens with two attached hydrogens (primary N) is 1. The fraction of sp³-hybridized carbons (Fsp3) is 0.111. The lowest BCUT2D eigenvalue weighted by atomic mass is 10.1. The number of hydrogen-bond donors (Lipinski definition) is 3. The first-order valence-corrected chi connectivity index (χ1v) is 7.28. The van der Waals surface area contributed by atoms with Crippen molar-refractivity contribution in [2.75, 3.05) is 17.7 Å². The van der Waals surface area contributed by atoms with Crippen molar-refractivity contribution in [3.8, 4) is 5.75 Å². The molecular formula is C18H19N3O3. The number of anilines is 2. The summed E-state index contributed by atoms with van der Waals surface area (Å²) >= 11 is 0. The predicted molar refractivity (Wildman–Crippen MR) is 95.0 cm³/mol. The Balaban J connectivity index is 2.08. The van der Waals surface area contributed by atoms with Crippen LogP contribution in [0.3, 0.4) is 0 Å². The van der Waals surface area contributed by atoms with Crippen LogP contribution in [0.15, 0.2) is 48.5 Å². The highest BCUT2D eigenvalue weighted by molar-refractivity contribution is 6.02. The Morgan fingerprint density at radius 3 is 2.46 bits per heavy atom. The summed E-state index contributed by atoms with van der Waals surface area (Å²) < 4.78 is 5.27. The first kappa shape index (κ1) is 17.1. The van der Waals surface area contributed by atoms with Crippen molar-refractivity contribution in [3.05, 3.63) is 59.7 Å². The second-order valence-corrected chi connectivity index (χ2v) is 5.14. The second-order valence-electron chi connectivity index (χ2n) is 5.14. The summed E-state index contributed by atoms with van der Waals surface area (Å²) in [6.45, 7) is 1.97. The summed E-state index contributed by atoms with van der Waals surface area (Å²) in [6.07, 6.45) is 3.11. The number of carbonyl (C=O) groups is 2. The fourth-order valence-corrected chi connectivity index (χ4v) is 2.15. The number of benzene rings is 2. The monoisotopic (exact) mass is 325 g/mol. The Morgan fingerprint density at radius 1 is 1.08 bits per heavy atom. The van der Waals surface area contributed by atoms with Gasteiger partial charge in [-0.05, 0) is 43.3 Å². The third-order valence-electron chi connectivity index (χ3n) is 3.20. The van der Waals surface area contributed by atoms with E-state index in [1.807, 2.05) is 25.1 Å². The van der Waals surface area contributed by atoms with Crippen LogP contribution in [0.4, 0.5) is 16.2 Å². The van der Waals surface area contributed by atoms with E-state index in [1.165, 1.54) is 6.08 Å². The summed E-state index contributed by atoms with van der Waals surface area (Å²) in [6, 6.07) is 11.8. The molecule has 6 nitrogen and oxygen atoms in total. The number of ether oxygens (including phenoxy) is 1. The van der Waals surface area contributed by atoms with Crippen LogP contribution in [0.25, 0.3) is 6.08 Å². The van der Waals surface area contributed by atoms with Gasteiger partial charge in [0, 0.05) is 23.0 Å². The predicted octanol–water partition coefficient (Wildman–Crippen LogP) is 3.15. The molecule has 2 rings (SSSR count). The molecule has 0 radical (unpaired) electrons. The summed E-state index contributed by atoms with van der Waals surface area (Å²) in [4.78, 5) is 22.9. The van der Waals surface area contributed by atoms with E-state index < -0.39 is 6.03 Å². The SMILES string of the molecule is COc1ccc(C)cc1/C=C/C(=O)Nc1cccc(NC(N)=O)c1. The number of urea groups is 1. The molecule has 0 heterocycles. The van der Waals surface area contributed by atoms with Crippen molar-refractivity contribution >= 4 is 29.4 Å². The number of nitrogens with one attached hydrogen (secondary N) is 2. The molecular weight excluding hydrogens is 306 g/mol. The third-order valence-corrected chi connectivity index (χ3v) is 3.20. The zero-order chi connectivity index (χ0) is 17.5. The molecule has 0 aliphatic carbocycles. The van der Waals surface area contributed by atoms with Crippen molar-refractivity contribution < 1.29 is 14.3 Å². The normalized spacial score (nSPS) is 10.4. The van der Waals surface area contributed by atoms with E-state index in [2.05, 4.69) is 10.6 Å². The van der Waals surface area contributed by atoms with Gasteiger partial charge in [0.2, 0.25) is 5.91 Å². The highest BCUT2D eigenvalue weighted by Crippen LogP contribution is 2.21. The summed E-state index contributed by atoms with van der Waals surface area (Å²) in [5.74, 6) is 0.395. The number of carbonyl (C=O) groups excluding carboxylic acids is 2. The number of rotatable bonds is 5. The summed E-state index contributed by atoms with van der Waals surface area (Å²) in [7, 11) is 1.58. The molecule has 0 bridgehead atoms. The molecule has 6 heteroatoms. The minimum Gasteiger partial charge on any atom is -0.496 e. The Kier molecular flexibility index (Phi) is 5.57. The van der Waals surface area contributed by atoms with Crippen molar-refractivity contribution in [1.82, 2.24) is 0 Å². The molecule has 0 aliphatic heterocycles. The maximum absolute atomic E-state index is 12.1. The third kappa shape index (κ3) is 4.88. The quantitative estimate of drug-likeness (QED) is 0.737. The van der Waals surface area contributed by atoms with Crippen LogP contribution in [0.5, 0.6) is 5.75 Å². The number of hydrogen-bond acceptors (Lipinski definition) is 3. The molecule has 2 aromatic rings. The maximum atomic E-state index is 12.1. The van der Waals surface area contributed by atoms with Gasteiger partial charge in [0.25, 0.3) is 0 Å². The lowest BCUT2D eigenvalue weighted by Crippen LogP contribution is -2.19. The molecule has 0 saturated carbocycles. The molecule has 0 spiro atoms. The molecule has 0 atom stereocenters. The van der Waals surface area contributed by atoms with Crippen LogP contribution in [-0.4, -0.2) is 19.0 Å². The van der Waals surface area contributed by atoms with Gasteiger partial charge in [-0.1, -0.05) is 17.7 Å². The van der Waals surface area contributed by atoms with E-state index in [9.17, 15) is 9.59 Å². The fourth-order valence-electron chi connectivity index (χ4n) is 2.15. The zero-order valence-electron chi connectivity index (χ0n) is 13.5. The van der Waals surface area contributed by atoms with Crippen LogP contribution in [-0.2, 0) is 4.79 Å². The van der Waals surface area contributed by atoms with Gasteiger partial charge in [-0.3, -0.25) is 4.79 Å². The van der Waals surface area contributed by atoms with Crippen molar-refractivity contribution in [2.45, 2.75) is 6.92 Å². The van der Waals surface area contributed by atoms with Gasteiger partial charge in [0.15, 0.2) is 0 Å². The van der Waals surface area contributed by atoms with Crippen molar-refractivity contribution in [1.29, 1.82) is 0 Å². The number of methoxy groups -OCH3 is 1. The largest absolute Gasteiger partial charge is 0.496 e. The van der Waals surface area contributed by atoms with Gasteiger partial charge < -0.3 is 21.1 Å². The molecule has 0 aliphatic rings. The Hall–Kier alpha value is -3.28. The second kappa shape index (κ2) is 7.82. The van der Waals surface area contributed by atoms with Crippen LogP contribution in [0.2, 0.25) is 0 Å². The van der Waals surface area contributed by atoms with E-state index in [-0.39, 0.29) is 5.91 Å². The van der Waals surface area contributed by atoms with Crippen molar-refractivity contribution in [2.24, 2.45) is 5.73 Å². The number of amides is 3. The van der Waals surface area contributed by atoms with E-state index >= 15 is 0 Å². The van der Waals surface area contributed by atoms with E-state index in [1.54, 1.807) is 37.5 Å². The molecule has 4 N–H and O–H groups in total. The summed E-state index contributed by atoms with van der Waals surface area (Å²) in [5, 5.41) is 5.17. The van der Waals surface area contributed by atoms with Gasteiger partial charge in [0.1, 0.15) is 5.75 Å². The van der Waals surface area contributed by atoms with E-state index in [0.29, 0.717) is 17.1 Å². The molecule has 124 valence electrons. The first-order chi connectivity index (χ1) is 11.5. The molecule has 2 aromatic carbocycles. The van der Waals surface area contributed by atoms with Crippen LogP contribution in [0.1, 0.15) is 11.1 Å². The van der Waals surface area contributed by atoms with Crippen molar-refractivity contribution in [3.63, 3.8) is 0 Å². The van der Waals surface area contributed by atoms with Gasteiger partial charge >= 0.3 is 6.03 Å². The smallest absolute Gasteiger partial charge is 0.316 e. The zero-order valence-corrected chi connectivity index (χ0v) is 13.5. The van der Waals surface area contributed by atoms with Crippen LogP contribution in [0, 0.1) is 6.92 Å². The van der Waals surface area contributed by atoms with Gasteiger partial charge in [0.05, 0.1) is 7.11 Å². The maximum Gasteiger partial charge on any atom is 0.316 e. The first-order valence-electron chi connectivity index (χ1n) is 7.28. The number of primary amides is 1. The number of aryl methyl sites for hydroxylation is 1. The van der Waals surface area contributed by atoms with Crippen LogP contribution >= 0.6 is 0 Å².